The first kappa shape index (κ1) is 43.0. The van der Waals surface area contributed by atoms with Crippen LogP contribution in [0.5, 0.6) is 0 Å². The molecule has 0 aromatic rings. The normalized spacial score (nSPS) is 37.7. The SMILES string of the molecule is COC(=O)[C@H]1O[C@@H](O[C@@H]2C[C@]3(C)[C@@H](C(C)=O)CC[C@H]3[C@@H]3CCC4=CC(=O)CC[C@]4(C)[C@H]32)[C@H](OC(=O)C(C)(C)C)[C@@H](OC(=O)C(C)(C)C)[C@@H]1OC(=O)C(C)(C)C. The van der Waals surface area contributed by atoms with Gasteiger partial charge in [-0.25, -0.2) is 4.79 Å². The van der Waals surface area contributed by atoms with E-state index >= 15 is 0 Å². The molecule has 1 aliphatic heterocycles. The van der Waals surface area contributed by atoms with Crippen molar-refractivity contribution in [1.82, 2.24) is 0 Å². The number of hydrogen-bond donors (Lipinski definition) is 0. The van der Waals surface area contributed by atoms with Gasteiger partial charge in [0.2, 0.25) is 0 Å². The van der Waals surface area contributed by atoms with E-state index in [0.717, 1.165) is 31.3 Å². The van der Waals surface area contributed by atoms with E-state index < -0.39 is 87.8 Å². The fraction of sp³-hybridized carbons (Fsp3) is 0.814. The molecule has 12 heteroatoms. The first-order valence-electron chi connectivity index (χ1n) is 20.0. The fourth-order valence-corrected chi connectivity index (χ4v) is 10.1. The number of Topliss-reactive ketones (excluding diaryl/α,β-unsaturated/α-hetero) is 1. The summed E-state index contributed by atoms with van der Waals surface area (Å²) in [7, 11) is 1.17. The van der Waals surface area contributed by atoms with E-state index in [1.165, 1.54) is 7.11 Å². The maximum Gasteiger partial charge on any atom is 0.339 e. The summed E-state index contributed by atoms with van der Waals surface area (Å²) in [6.45, 7) is 20.9. The number of ether oxygens (including phenoxy) is 6. The third-order valence-corrected chi connectivity index (χ3v) is 13.2. The number of methoxy groups -OCH3 is 1. The Morgan fingerprint density at radius 3 is 1.84 bits per heavy atom. The van der Waals surface area contributed by atoms with Gasteiger partial charge in [0, 0.05) is 12.3 Å². The van der Waals surface area contributed by atoms with Crippen LogP contribution in [0.4, 0.5) is 0 Å². The van der Waals surface area contributed by atoms with Crippen LogP contribution in [0.25, 0.3) is 0 Å². The van der Waals surface area contributed by atoms with Crippen LogP contribution in [-0.2, 0) is 57.2 Å². The van der Waals surface area contributed by atoms with E-state index in [1.54, 1.807) is 75.3 Å². The first-order valence-corrected chi connectivity index (χ1v) is 20.0. The minimum atomic E-state index is -1.63. The number of rotatable bonds is 7. The van der Waals surface area contributed by atoms with Crippen molar-refractivity contribution in [2.45, 2.75) is 165 Å². The van der Waals surface area contributed by atoms with E-state index in [0.29, 0.717) is 19.3 Å². The van der Waals surface area contributed by atoms with Crippen LogP contribution in [0.2, 0.25) is 0 Å². The second-order valence-electron chi connectivity index (χ2n) is 20.3. The largest absolute Gasteiger partial charge is 0.467 e. The third kappa shape index (κ3) is 8.18. The lowest BCUT2D eigenvalue weighted by Crippen LogP contribution is -2.66. The minimum Gasteiger partial charge on any atom is -0.467 e. The van der Waals surface area contributed by atoms with Crippen molar-refractivity contribution in [2.24, 2.45) is 50.7 Å². The van der Waals surface area contributed by atoms with Crippen molar-refractivity contribution in [3.63, 3.8) is 0 Å². The molecular formula is C43H64O12. The highest BCUT2D eigenvalue weighted by Crippen LogP contribution is 2.67. The summed E-state index contributed by atoms with van der Waals surface area (Å²) in [5.41, 5.74) is -2.85. The predicted molar refractivity (Wildman–Crippen MR) is 200 cm³/mol. The van der Waals surface area contributed by atoms with Gasteiger partial charge in [-0.2, -0.15) is 0 Å². The van der Waals surface area contributed by atoms with Crippen molar-refractivity contribution in [1.29, 1.82) is 0 Å². The number of carbonyl (C=O) groups is 6. The van der Waals surface area contributed by atoms with Gasteiger partial charge in [-0.1, -0.05) is 19.4 Å². The molecule has 0 unspecified atom stereocenters. The first-order chi connectivity index (χ1) is 25.2. The monoisotopic (exact) mass is 772 g/mol. The average molecular weight is 773 g/mol. The van der Waals surface area contributed by atoms with Crippen molar-refractivity contribution in [3.05, 3.63) is 11.6 Å². The Kier molecular flexibility index (Phi) is 11.7. The van der Waals surface area contributed by atoms with E-state index in [4.69, 9.17) is 28.4 Å². The molecule has 5 rings (SSSR count). The van der Waals surface area contributed by atoms with Crippen LogP contribution in [0.3, 0.4) is 0 Å². The third-order valence-electron chi connectivity index (χ3n) is 13.2. The molecule has 0 N–H and O–H groups in total. The number of esters is 4. The molecule has 3 saturated carbocycles. The highest BCUT2D eigenvalue weighted by molar-refractivity contribution is 5.91. The van der Waals surface area contributed by atoms with E-state index in [1.807, 2.05) is 0 Å². The van der Waals surface area contributed by atoms with E-state index in [-0.39, 0.29) is 35.2 Å². The molecule has 4 fully saturated rings. The molecular weight excluding hydrogens is 708 g/mol. The maximum atomic E-state index is 13.8. The zero-order chi connectivity index (χ0) is 41.2. The van der Waals surface area contributed by atoms with Gasteiger partial charge in [-0.15, -0.1) is 0 Å². The van der Waals surface area contributed by atoms with Crippen LogP contribution in [-0.4, -0.2) is 79.4 Å². The Morgan fingerprint density at radius 1 is 0.764 bits per heavy atom. The zero-order valence-corrected chi connectivity index (χ0v) is 35.2. The molecule has 55 heavy (non-hydrogen) atoms. The summed E-state index contributed by atoms with van der Waals surface area (Å²) in [5, 5.41) is 0. The molecule has 12 nitrogen and oxygen atoms in total. The standard InChI is InChI=1S/C43H64O12/c1-22(44)26-16-17-27-25-15-14-23-20-24(45)18-19-42(23,11)29(25)28(21-43(26,27)12)51-35-33(55-38(49)41(8,9)10)31(54-37(48)40(5,6)7)30(32(52-35)34(46)50-13)53-36(47)39(2,3)4/h20,25-33,35H,14-19,21H2,1-13H3/t25-,26+,27-,28+,29+,30-,31-,32-,33+,35+,42-,43+/m0/s1. The number of ketones is 2. The van der Waals surface area contributed by atoms with Gasteiger partial charge >= 0.3 is 23.9 Å². The molecule has 0 amide bonds. The number of hydrogen-bond acceptors (Lipinski definition) is 12. The summed E-state index contributed by atoms with van der Waals surface area (Å²) in [4.78, 5) is 80.7. The van der Waals surface area contributed by atoms with Crippen LogP contribution in [0.1, 0.15) is 128 Å². The van der Waals surface area contributed by atoms with Crippen molar-refractivity contribution < 1.29 is 57.2 Å². The lowest BCUT2D eigenvalue weighted by Gasteiger charge is -2.61. The molecule has 12 atom stereocenters. The Bertz CT molecular complexity index is 1590. The molecule has 1 heterocycles. The van der Waals surface area contributed by atoms with Crippen LogP contribution >= 0.6 is 0 Å². The predicted octanol–water partition coefficient (Wildman–Crippen LogP) is 6.49. The van der Waals surface area contributed by atoms with Crippen molar-refractivity contribution in [2.75, 3.05) is 7.11 Å². The molecule has 5 aliphatic rings. The van der Waals surface area contributed by atoms with Crippen LogP contribution in [0.15, 0.2) is 11.6 Å². The van der Waals surface area contributed by atoms with E-state index in [2.05, 4.69) is 13.8 Å². The second kappa shape index (κ2) is 15.0. The molecule has 0 aromatic heterocycles. The molecule has 0 bridgehead atoms. The zero-order valence-electron chi connectivity index (χ0n) is 35.2. The number of allylic oxidation sites excluding steroid dienone is 1. The van der Waals surface area contributed by atoms with Gasteiger partial charge in [0.05, 0.1) is 29.5 Å². The van der Waals surface area contributed by atoms with Crippen molar-refractivity contribution >= 4 is 35.4 Å². The summed E-state index contributed by atoms with van der Waals surface area (Å²) >= 11 is 0. The quantitative estimate of drug-likeness (QED) is 0.205. The average Bonchev–Trinajstić information content (AvgIpc) is 3.42. The van der Waals surface area contributed by atoms with Crippen LogP contribution in [0, 0.1) is 50.7 Å². The molecule has 0 aromatic carbocycles. The number of carbonyl (C=O) groups excluding carboxylic acids is 6. The Labute approximate surface area is 326 Å². The van der Waals surface area contributed by atoms with Crippen LogP contribution < -0.4 is 0 Å². The summed E-state index contributed by atoms with van der Waals surface area (Å²) in [6.07, 6.45) is -1.77. The van der Waals surface area contributed by atoms with Crippen molar-refractivity contribution in [3.8, 4) is 0 Å². The fourth-order valence-electron chi connectivity index (χ4n) is 10.1. The molecule has 308 valence electrons. The van der Waals surface area contributed by atoms with Gasteiger partial charge in [-0.3, -0.25) is 24.0 Å². The summed E-state index contributed by atoms with van der Waals surface area (Å²) in [6, 6.07) is 0. The highest BCUT2D eigenvalue weighted by Gasteiger charge is 2.65. The topological polar surface area (TPSA) is 158 Å². The van der Waals surface area contributed by atoms with E-state index in [9.17, 15) is 28.8 Å². The molecule has 1 saturated heterocycles. The van der Waals surface area contributed by atoms with Gasteiger partial charge in [0.1, 0.15) is 5.78 Å². The molecule has 0 radical (unpaired) electrons. The Morgan fingerprint density at radius 2 is 1.31 bits per heavy atom. The van der Waals surface area contributed by atoms with Gasteiger partial charge in [0.25, 0.3) is 0 Å². The van der Waals surface area contributed by atoms with Gasteiger partial charge in [-0.05, 0) is 142 Å². The van der Waals surface area contributed by atoms with Gasteiger partial charge < -0.3 is 28.4 Å². The Hall–Kier alpha value is -3.12. The minimum absolute atomic E-state index is 0.103. The maximum absolute atomic E-state index is 13.8. The number of fused-ring (bicyclic) bond motifs is 5. The summed E-state index contributed by atoms with van der Waals surface area (Å²) < 4.78 is 37.2. The second-order valence-corrected chi connectivity index (χ2v) is 20.3. The smallest absolute Gasteiger partial charge is 0.339 e. The molecule has 0 spiro atoms. The summed E-state index contributed by atoms with van der Waals surface area (Å²) in [5.74, 6) is -2.65. The highest BCUT2D eigenvalue weighted by atomic mass is 16.7. The Balaban J connectivity index is 1.67. The lowest BCUT2D eigenvalue weighted by molar-refractivity contribution is -0.327. The lowest BCUT2D eigenvalue weighted by atomic mass is 9.46. The molecule has 4 aliphatic carbocycles. The van der Waals surface area contributed by atoms with Gasteiger partial charge in [0.15, 0.2) is 36.5 Å².